The van der Waals surface area contributed by atoms with Gasteiger partial charge in [-0.05, 0) is 30.9 Å². The van der Waals surface area contributed by atoms with Crippen LogP contribution in [0.25, 0.3) is 12.2 Å². The van der Waals surface area contributed by atoms with Crippen LogP contribution in [0, 0.1) is 23.3 Å². The predicted octanol–water partition coefficient (Wildman–Crippen LogP) is 6.99. The van der Waals surface area contributed by atoms with E-state index in [2.05, 4.69) is 13.8 Å². The van der Waals surface area contributed by atoms with Crippen molar-refractivity contribution >= 4 is 28.0 Å². The zero-order valence-corrected chi connectivity index (χ0v) is 23.7. The van der Waals surface area contributed by atoms with Gasteiger partial charge in [-0.1, -0.05) is 58.4 Å². The molecule has 10 heteroatoms. The monoisotopic (exact) mass is 572 g/mol. The Morgan fingerprint density at radius 3 is 1.79 bits per heavy atom. The van der Waals surface area contributed by atoms with Gasteiger partial charge in [-0.2, -0.15) is 0 Å². The van der Waals surface area contributed by atoms with Crippen molar-refractivity contribution in [1.29, 1.82) is 0 Å². The number of nitrogens with zero attached hydrogens (tertiary/aromatic N) is 2. The Morgan fingerprint density at radius 2 is 1.31 bits per heavy atom. The molecule has 218 valence electrons. The number of rotatable bonds is 18. The van der Waals surface area contributed by atoms with Gasteiger partial charge in [0.15, 0.2) is 35.7 Å². The van der Waals surface area contributed by atoms with Gasteiger partial charge in [0.05, 0.1) is 15.7 Å². The van der Waals surface area contributed by atoms with Gasteiger partial charge in [-0.3, -0.25) is 0 Å². The third-order valence-corrected chi connectivity index (χ3v) is 7.36. The third-order valence-electron chi connectivity index (χ3n) is 6.57. The van der Waals surface area contributed by atoms with Gasteiger partial charge in [0.25, 0.3) is 0 Å². The minimum atomic E-state index is -4.24. The van der Waals surface area contributed by atoms with E-state index < -0.39 is 50.4 Å². The van der Waals surface area contributed by atoms with E-state index in [9.17, 15) is 13.0 Å². The number of benzene rings is 1. The molecule has 0 aliphatic rings. The van der Waals surface area contributed by atoms with Crippen molar-refractivity contribution in [3.8, 4) is 0 Å². The minimum absolute atomic E-state index is 0.237. The smallest absolute Gasteiger partial charge is 0.185 e. The first-order valence-electron chi connectivity index (χ1n) is 13.8. The van der Waals surface area contributed by atoms with Crippen molar-refractivity contribution < 1.29 is 35.1 Å². The molecule has 0 unspecified atom stereocenters. The van der Waals surface area contributed by atoms with Crippen molar-refractivity contribution in [2.75, 3.05) is 23.7 Å². The molecule has 0 saturated carbocycles. The van der Waals surface area contributed by atoms with Crippen molar-refractivity contribution in [3.63, 3.8) is 0 Å². The fraction of sp³-hybridized carbons (Fsp3) is 0.552. The molecule has 0 spiro atoms. The van der Waals surface area contributed by atoms with Gasteiger partial charge in [0.2, 0.25) is 0 Å². The van der Waals surface area contributed by atoms with Crippen molar-refractivity contribution in [3.05, 3.63) is 58.9 Å². The summed E-state index contributed by atoms with van der Waals surface area (Å²) in [6.07, 6.45) is 13.5. The molecule has 2 rings (SSSR count). The van der Waals surface area contributed by atoms with E-state index in [0.717, 1.165) is 44.6 Å². The molecule has 5 nitrogen and oxygen atoms in total. The van der Waals surface area contributed by atoms with Gasteiger partial charge in [0.1, 0.15) is 12.2 Å². The quantitative estimate of drug-likeness (QED) is 0.0635. The SMILES string of the molecule is CCCCCCN(CCCCCC)c1c(F)c(F)c(C=Cc2cc[n+](CCCCS(=O)(=O)[O-])cc2)c(F)c1F. The number of pyridine rings is 1. The molecule has 0 aliphatic heterocycles. The van der Waals surface area contributed by atoms with E-state index in [1.54, 1.807) is 29.1 Å². The van der Waals surface area contributed by atoms with Crippen LogP contribution in [0.4, 0.5) is 23.2 Å². The summed E-state index contributed by atoms with van der Waals surface area (Å²) in [6, 6.07) is 3.29. The summed E-state index contributed by atoms with van der Waals surface area (Å²) < 4.78 is 94.2. The number of aryl methyl sites for hydroxylation is 1. The van der Waals surface area contributed by atoms with E-state index >= 15 is 17.6 Å². The molecule has 1 heterocycles. The summed E-state index contributed by atoms with van der Waals surface area (Å²) in [5, 5.41) is 0. The summed E-state index contributed by atoms with van der Waals surface area (Å²) in [7, 11) is -4.24. The van der Waals surface area contributed by atoms with Crippen molar-refractivity contribution in [1.82, 2.24) is 0 Å². The van der Waals surface area contributed by atoms with E-state index in [1.165, 1.54) is 11.0 Å². The molecule has 39 heavy (non-hydrogen) atoms. The van der Waals surface area contributed by atoms with Crippen LogP contribution < -0.4 is 9.47 Å². The number of unbranched alkanes of at least 4 members (excludes halogenated alkanes) is 7. The van der Waals surface area contributed by atoms with E-state index in [4.69, 9.17) is 0 Å². The van der Waals surface area contributed by atoms with E-state index in [1.807, 2.05) is 0 Å². The number of anilines is 1. The highest BCUT2D eigenvalue weighted by Crippen LogP contribution is 2.32. The Hall–Kier alpha value is -2.46. The van der Waals surface area contributed by atoms with Crippen LogP contribution >= 0.6 is 0 Å². The Bertz CT molecular complexity index is 1130. The molecule has 2 aromatic rings. The molecule has 0 aliphatic carbocycles. The zero-order valence-electron chi connectivity index (χ0n) is 22.9. The maximum absolute atomic E-state index is 15.2. The zero-order chi connectivity index (χ0) is 28.8. The lowest BCUT2D eigenvalue weighted by atomic mass is 10.1. The molecule has 0 atom stereocenters. The van der Waals surface area contributed by atoms with Gasteiger partial charge in [0, 0.05) is 37.4 Å². The number of hydrogen-bond acceptors (Lipinski definition) is 4. The molecule has 0 fully saturated rings. The Labute approximate surface area is 230 Å². The summed E-state index contributed by atoms with van der Waals surface area (Å²) >= 11 is 0. The molecule has 0 N–H and O–H groups in total. The lowest BCUT2D eigenvalue weighted by Crippen LogP contribution is -2.32. The molecular formula is C29H40F4N2O3S. The molecular weight excluding hydrogens is 532 g/mol. The maximum atomic E-state index is 15.2. The van der Waals surface area contributed by atoms with Gasteiger partial charge in [-0.25, -0.2) is 30.5 Å². The second kappa shape index (κ2) is 16.6. The molecule has 0 radical (unpaired) electrons. The second-order valence-electron chi connectivity index (χ2n) is 9.80. The fourth-order valence-electron chi connectivity index (χ4n) is 4.34. The fourth-order valence-corrected chi connectivity index (χ4v) is 4.89. The van der Waals surface area contributed by atoms with E-state index in [-0.39, 0.29) is 6.42 Å². The predicted molar refractivity (Wildman–Crippen MR) is 146 cm³/mol. The highest BCUT2D eigenvalue weighted by Gasteiger charge is 2.27. The number of aromatic nitrogens is 1. The van der Waals surface area contributed by atoms with Gasteiger partial charge < -0.3 is 9.45 Å². The van der Waals surface area contributed by atoms with Gasteiger partial charge in [-0.15, -0.1) is 0 Å². The first-order chi connectivity index (χ1) is 18.6. The lowest BCUT2D eigenvalue weighted by Gasteiger charge is -2.26. The van der Waals surface area contributed by atoms with Crippen LogP contribution in [0.1, 0.15) is 89.2 Å². The molecule has 0 saturated heterocycles. The van der Waals surface area contributed by atoms with Crippen LogP contribution in [0.5, 0.6) is 0 Å². The van der Waals surface area contributed by atoms with Crippen LogP contribution in [-0.2, 0) is 16.7 Å². The van der Waals surface area contributed by atoms with Gasteiger partial charge >= 0.3 is 0 Å². The maximum Gasteiger partial charge on any atom is 0.185 e. The topological polar surface area (TPSA) is 64.3 Å². The van der Waals surface area contributed by atoms with Crippen LogP contribution in [-0.4, -0.2) is 31.8 Å². The summed E-state index contributed by atoms with van der Waals surface area (Å²) in [4.78, 5) is 1.44. The second-order valence-corrected chi connectivity index (χ2v) is 11.3. The van der Waals surface area contributed by atoms with Crippen LogP contribution in [0.15, 0.2) is 24.5 Å². The number of hydrogen-bond donors (Lipinski definition) is 0. The average molecular weight is 573 g/mol. The molecule has 0 amide bonds. The van der Waals surface area contributed by atoms with Crippen LogP contribution in [0.2, 0.25) is 0 Å². The standard InChI is InChI=1S/C29H40F4N2O3S/c1-3-5-7-9-18-35(19-10-8-6-4-2)29-27(32)25(30)24(26(31)28(29)33)14-13-23-15-20-34(21-16-23)17-11-12-22-39(36,37)38/h13-16,20-21H,3-12,17-19,22H2,1-2H3. The Morgan fingerprint density at radius 1 is 0.769 bits per heavy atom. The highest BCUT2D eigenvalue weighted by molar-refractivity contribution is 7.85. The van der Waals surface area contributed by atoms with Crippen LogP contribution in [0.3, 0.4) is 0 Å². The molecule has 1 aromatic carbocycles. The molecule has 0 bridgehead atoms. The minimum Gasteiger partial charge on any atom is -0.748 e. The average Bonchev–Trinajstić information content (AvgIpc) is 2.90. The van der Waals surface area contributed by atoms with Crippen molar-refractivity contribution in [2.45, 2.75) is 84.6 Å². The van der Waals surface area contributed by atoms with E-state index in [0.29, 0.717) is 44.5 Å². The lowest BCUT2D eigenvalue weighted by molar-refractivity contribution is -0.697. The first kappa shape index (κ1) is 32.8. The summed E-state index contributed by atoms with van der Waals surface area (Å²) in [6.45, 7) is 5.24. The largest absolute Gasteiger partial charge is 0.748 e. The normalized spacial score (nSPS) is 12.0. The summed E-state index contributed by atoms with van der Waals surface area (Å²) in [5.41, 5.74) is -0.868. The number of halogens is 4. The third kappa shape index (κ3) is 10.9. The van der Waals surface area contributed by atoms with Crippen molar-refractivity contribution in [2.24, 2.45) is 0 Å². The first-order valence-corrected chi connectivity index (χ1v) is 15.4. The molecule has 1 aromatic heterocycles. The Balaban J connectivity index is 2.19. The summed E-state index contributed by atoms with van der Waals surface area (Å²) in [5.74, 6) is -6.04. The Kier molecular flexibility index (Phi) is 13.9. The highest BCUT2D eigenvalue weighted by atomic mass is 32.2.